The minimum absolute atomic E-state index is 0.0465. The summed E-state index contributed by atoms with van der Waals surface area (Å²) >= 11 is 0. The zero-order chi connectivity index (χ0) is 17.3. The summed E-state index contributed by atoms with van der Waals surface area (Å²) in [6.45, 7) is 6.25. The Bertz CT molecular complexity index is 700. The Hall–Kier alpha value is -1.54. The third-order valence-corrected chi connectivity index (χ3v) is 6.43. The Morgan fingerprint density at radius 1 is 1.29 bits per heavy atom. The van der Waals surface area contributed by atoms with Gasteiger partial charge in [0, 0.05) is 25.7 Å². The van der Waals surface area contributed by atoms with Gasteiger partial charge in [-0.25, -0.2) is 13.2 Å². The highest BCUT2D eigenvalue weighted by Gasteiger charge is 2.48. The molecule has 0 bridgehead atoms. The first-order valence-corrected chi connectivity index (χ1v) is 10.3. The molecule has 134 valence electrons. The van der Waals surface area contributed by atoms with E-state index in [-0.39, 0.29) is 29.6 Å². The largest absolute Gasteiger partial charge is 0.465 e. The summed E-state index contributed by atoms with van der Waals surface area (Å²) in [5, 5.41) is 2.87. The van der Waals surface area contributed by atoms with Gasteiger partial charge in [-0.3, -0.25) is 4.90 Å². The molecule has 0 saturated carbocycles. The maximum Gasteiger partial charge on any atom is 0.317 e. The third-order valence-electron chi connectivity index (χ3n) is 4.73. The molecule has 0 aliphatic carbocycles. The van der Waals surface area contributed by atoms with Gasteiger partial charge in [-0.15, -0.1) is 0 Å². The van der Waals surface area contributed by atoms with Crippen LogP contribution in [0.25, 0.3) is 0 Å². The molecule has 3 heterocycles. The fourth-order valence-corrected chi connectivity index (χ4v) is 5.59. The minimum atomic E-state index is -3.13. The van der Waals surface area contributed by atoms with Crippen molar-refractivity contribution < 1.29 is 17.6 Å². The van der Waals surface area contributed by atoms with Crippen LogP contribution in [0.5, 0.6) is 0 Å². The Labute approximate surface area is 142 Å². The van der Waals surface area contributed by atoms with E-state index < -0.39 is 9.84 Å². The molecule has 1 aromatic heterocycles. The zero-order valence-electron chi connectivity index (χ0n) is 14.2. The number of furan rings is 1. The first kappa shape index (κ1) is 17.3. The van der Waals surface area contributed by atoms with Gasteiger partial charge in [-0.05, 0) is 25.5 Å². The van der Waals surface area contributed by atoms with Crippen LogP contribution >= 0.6 is 0 Å². The number of fused-ring (bicyclic) bond motifs is 1. The van der Waals surface area contributed by atoms with Gasteiger partial charge < -0.3 is 14.6 Å². The molecule has 3 rings (SSSR count). The molecule has 7 nitrogen and oxygen atoms in total. The number of urea groups is 1. The first-order chi connectivity index (χ1) is 11.4. The number of sulfone groups is 1. The molecule has 2 aliphatic rings. The van der Waals surface area contributed by atoms with Crippen LogP contribution in [0, 0.1) is 6.92 Å². The van der Waals surface area contributed by atoms with Crippen molar-refractivity contribution in [3.8, 4) is 0 Å². The number of carbonyl (C=O) groups is 1. The summed E-state index contributed by atoms with van der Waals surface area (Å²) in [6, 6.07) is 3.23. The van der Waals surface area contributed by atoms with Crippen molar-refractivity contribution in [3.05, 3.63) is 23.7 Å². The molecule has 2 atom stereocenters. The molecule has 8 heteroatoms. The summed E-state index contributed by atoms with van der Waals surface area (Å²) in [4.78, 5) is 16.2. The van der Waals surface area contributed by atoms with Gasteiger partial charge in [0.1, 0.15) is 11.5 Å². The lowest BCUT2D eigenvalue weighted by Crippen LogP contribution is -2.62. The second kappa shape index (κ2) is 6.76. The van der Waals surface area contributed by atoms with Gasteiger partial charge in [0.05, 0.1) is 24.1 Å². The van der Waals surface area contributed by atoms with Crippen LogP contribution in [-0.4, -0.2) is 67.5 Å². The molecular formula is C16H25N3O4S. The topological polar surface area (TPSA) is 82.9 Å². The van der Waals surface area contributed by atoms with Crippen molar-refractivity contribution in [1.29, 1.82) is 0 Å². The summed E-state index contributed by atoms with van der Waals surface area (Å²) in [5.74, 6) is 1.83. The van der Waals surface area contributed by atoms with E-state index in [0.29, 0.717) is 26.2 Å². The Morgan fingerprint density at radius 3 is 2.71 bits per heavy atom. The van der Waals surface area contributed by atoms with Gasteiger partial charge in [0.25, 0.3) is 0 Å². The van der Waals surface area contributed by atoms with Crippen molar-refractivity contribution >= 4 is 15.9 Å². The highest BCUT2D eigenvalue weighted by atomic mass is 32.2. The van der Waals surface area contributed by atoms with Crippen LogP contribution in [0.3, 0.4) is 0 Å². The molecule has 2 saturated heterocycles. The zero-order valence-corrected chi connectivity index (χ0v) is 15.0. The van der Waals surface area contributed by atoms with E-state index in [1.54, 1.807) is 4.90 Å². The fourth-order valence-electron chi connectivity index (χ4n) is 3.58. The molecule has 24 heavy (non-hydrogen) atoms. The van der Waals surface area contributed by atoms with Crippen molar-refractivity contribution in [2.24, 2.45) is 0 Å². The molecule has 1 N–H and O–H groups in total. The molecule has 2 amide bonds. The number of nitrogens with one attached hydrogen (secondary N) is 1. The predicted octanol–water partition coefficient (Wildman–Crippen LogP) is 0.991. The number of piperazine rings is 1. The SMILES string of the molecule is CCCNC(=O)N1CCN(Cc2ccc(C)o2)[C@@H]2CS(=O)(=O)C[C@@H]21. The van der Waals surface area contributed by atoms with Crippen molar-refractivity contribution in [2.75, 3.05) is 31.1 Å². The second-order valence-corrected chi connectivity index (χ2v) is 8.77. The average Bonchev–Trinajstić information content (AvgIpc) is 3.07. The van der Waals surface area contributed by atoms with Crippen LogP contribution in [0.15, 0.2) is 16.5 Å². The molecule has 0 aromatic carbocycles. The van der Waals surface area contributed by atoms with Gasteiger partial charge in [0.15, 0.2) is 9.84 Å². The molecule has 2 aliphatic heterocycles. The van der Waals surface area contributed by atoms with Gasteiger partial charge in [-0.2, -0.15) is 0 Å². The van der Waals surface area contributed by atoms with Crippen LogP contribution in [0.2, 0.25) is 0 Å². The molecular weight excluding hydrogens is 330 g/mol. The monoisotopic (exact) mass is 355 g/mol. The number of hydrogen-bond donors (Lipinski definition) is 1. The normalized spacial score (nSPS) is 26.3. The Kier molecular flexibility index (Phi) is 4.87. The van der Waals surface area contributed by atoms with Gasteiger partial charge in [0.2, 0.25) is 0 Å². The highest BCUT2D eigenvalue weighted by molar-refractivity contribution is 7.91. The van der Waals surface area contributed by atoms with E-state index in [0.717, 1.165) is 17.9 Å². The number of nitrogens with zero attached hydrogens (tertiary/aromatic N) is 2. The van der Waals surface area contributed by atoms with Crippen LogP contribution in [-0.2, 0) is 16.4 Å². The standard InChI is InChI=1S/C16H25N3O4S/c1-3-6-17-16(20)19-8-7-18(9-13-5-4-12(2)23-13)14-10-24(21,22)11-15(14)19/h4-5,14-15H,3,6-11H2,1-2H3,(H,17,20)/t14-,15+/m1/s1. The number of aryl methyl sites for hydroxylation is 1. The van der Waals surface area contributed by atoms with Crippen molar-refractivity contribution in [2.45, 2.75) is 38.9 Å². The van der Waals surface area contributed by atoms with Crippen LogP contribution in [0.1, 0.15) is 24.9 Å². The second-order valence-electron chi connectivity index (χ2n) is 6.62. The third kappa shape index (κ3) is 3.59. The first-order valence-electron chi connectivity index (χ1n) is 8.44. The van der Waals surface area contributed by atoms with E-state index in [1.807, 2.05) is 26.0 Å². The summed E-state index contributed by atoms with van der Waals surface area (Å²) < 4.78 is 30.0. The lowest BCUT2D eigenvalue weighted by atomic mass is 10.0. The van der Waals surface area contributed by atoms with E-state index in [4.69, 9.17) is 4.42 Å². The predicted molar refractivity (Wildman–Crippen MR) is 90.5 cm³/mol. The average molecular weight is 355 g/mol. The lowest BCUT2D eigenvalue weighted by Gasteiger charge is -2.43. The number of amides is 2. The minimum Gasteiger partial charge on any atom is -0.465 e. The van der Waals surface area contributed by atoms with E-state index in [1.165, 1.54) is 0 Å². The highest BCUT2D eigenvalue weighted by Crippen LogP contribution is 2.28. The van der Waals surface area contributed by atoms with Gasteiger partial charge >= 0.3 is 6.03 Å². The maximum atomic E-state index is 12.4. The fraction of sp³-hybridized carbons (Fsp3) is 0.688. The van der Waals surface area contributed by atoms with E-state index in [9.17, 15) is 13.2 Å². The van der Waals surface area contributed by atoms with Gasteiger partial charge in [-0.1, -0.05) is 6.92 Å². The summed E-state index contributed by atoms with van der Waals surface area (Å²) in [7, 11) is -3.13. The Morgan fingerprint density at radius 2 is 2.04 bits per heavy atom. The molecule has 0 radical (unpaired) electrons. The smallest absolute Gasteiger partial charge is 0.317 e. The van der Waals surface area contributed by atoms with Crippen LogP contribution in [0.4, 0.5) is 4.79 Å². The Balaban J connectivity index is 1.76. The van der Waals surface area contributed by atoms with E-state index >= 15 is 0 Å². The molecule has 0 spiro atoms. The maximum absolute atomic E-state index is 12.4. The number of rotatable bonds is 4. The number of hydrogen-bond acceptors (Lipinski definition) is 5. The van der Waals surface area contributed by atoms with Crippen LogP contribution < -0.4 is 5.32 Å². The molecule has 0 unspecified atom stereocenters. The molecule has 2 fully saturated rings. The summed E-state index contributed by atoms with van der Waals surface area (Å²) in [5.41, 5.74) is 0. The summed E-state index contributed by atoms with van der Waals surface area (Å²) in [6.07, 6.45) is 0.857. The van der Waals surface area contributed by atoms with Crippen molar-refractivity contribution in [3.63, 3.8) is 0 Å². The molecule has 1 aromatic rings. The quantitative estimate of drug-likeness (QED) is 0.871. The number of carbonyl (C=O) groups excluding carboxylic acids is 1. The van der Waals surface area contributed by atoms with E-state index in [2.05, 4.69) is 10.2 Å². The van der Waals surface area contributed by atoms with Crippen molar-refractivity contribution in [1.82, 2.24) is 15.1 Å². The lowest BCUT2D eigenvalue weighted by molar-refractivity contribution is 0.0562.